The average molecular weight is 215 g/mol. The van der Waals surface area contributed by atoms with Crippen molar-refractivity contribution in [3.05, 3.63) is 48.0 Å². The average Bonchev–Trinajstić information content (AvgIpc) is 2.69. The van der Waals surface area contributed by atoms with Gasteiger partial charge in [-0.3, -0.25) is 0 Å². The van der Waals surface area contributed by atoms with Gasteiger partial charge in [-0.2, -0.15) is 0 Å². The number of hydrogen-bond acceptors (Lipinski definition) is 2. The highest BCUT2D eigenvalue weighted by atomic mass is 16.3. The van der Waals surface area contributed by atoms with Crippen LogP contribution in [0, 0.1) is 6.92 Å². The Kier molecular flexibility index (Phi) is 3.42. The number of nitrogens with one attached hydrogen (secondary N) is 1. The van der Waals surface area contributed by atoms with Crippen LogP contribution in [0.4, 0.5) is 0 Å². The van der Waals surface area contributed by atoms with Gasteiger partial charge in [-0.15, -0.1) is 0 Å². The van der Waals surface area contributed by atoms with Crippen LogP contribution in [0.1, 0.15) is 23.5 Å². The molecule has 0 fully saturated rings. The molecule has 0 aromatic carbocycles. The second kappa shape index (κ2) is 4.99. The highest BCUT2D eigenvalue weighted by Gasteiger charge is 2.11. The lowest BCUT2D eigenvalue weighted by Crippen LogP contribution is -2.19. The van der Waals surface area contributed by atoms with Crippen molar-refractivity contribution in [3.63, 3.8) is 0 Å². The normalized spacial score (nSPS) is 16.4. The van der Waals surface area contributed by atoms with Crippen LogP contribution >= 0.6 is 0 Å². The van der Waals surface area contributed by atoms with E-state index in [1.165, 1.54) is 11.1 Å². The molecular weight excluding hydrogens is 198 g/mol. The van der Waals surface area contributed by atoms with Crippen LogP contribution in [0.5, 0.6) is 0 Å². The molecule has 0 atom stereocenters. The molecule has 0 bridgehead atoms. The van der Waals surface area contributed by atoms with Gasteiger partial charge in [0.15, 0.2) is 0 Å². The molecule has 1 N–H and O–H groups in total. The van der Waals surface area contributed by atoms with Crippen molar-refractivity contribution in [2.75, 3.05) is 13.1 Å². The van der Waals surface area contributed by atoms with Crippen molar-refractivity contribution >= 4 is 11.6 Å². The molecule has 2 heteroatoms. The van der Waals surface area contributed by atoms with Crippen molar-refractivity contribution in [3.8, 4) is 0 Å². The summed E-state index contributed by atoms with van der Waals surface area (Å²) in [5, 5.41) is 3.29. The van der Waals surface area contributed by atoms with Crippen LogP contribution < -0.4 is 5.32 Å². The minimum absolute atomic E-state index is 0.925. The summed E-state index contributed by atoms with van der Waals surface area (Å²) in [5.74, 6) is 1.93. The minimum atomic E-state index is 0.925. The van der Waals surface area contributed by atoms with Gasteiger partial charge in [0.05, 0.1) is 0 Å². The van der Waals surface area contributed by atoms with Gasteiger partial charge in [0, 0.05) is 6.54 Å². The van der Waals surface area contributed by atoms with Crippen LogP contribution in [0.15, 0.2) is 35.3 Å². The fourth-order valence-corrected chi connectivity index (χ4v) is 1.82. The fourth-order valence-electron chi connectivity index (χ4n) is 1.82. The Bertz CT molecular complexity index is 438. The van der Waals surface area contributed by atoms with E-state index in [1.807, 2.05) is 12.2 Å². The second-order valence-corrected chi connectivity index (χ2v) is 3.94. The van der Waals surface area contributed by atoms with E-state index in [-0.39, 0.29) is 0 Å². The van der Waals surface area contributed by atoms with Crippen LogP contribution in [0.2, 0.25) is 0 Å². The van der Waals surface area contributed by atoms with Gasteiger partial charge in [0.1, 0.15) is 11.5 Å². The van der Waals surface area contributed by atoms with Gasteiger partial charge in [-0.05, 0) is 43.2 Å². The summed E-state index contributed by atoms with van der Waals surface area (Å²) in [6.07, 6.45) is 8.84. The Labute approximate surface area is 96.4 Å². The van der Waals surface area contributed by atoms with Crippen LogP contribution in [-0.4, -0.2) is 13.1 Å². The van der Waals surface area contributed by atoms with Crippen molar-refractivity contribution in [2.24, 2.45) is 0 Å². The molecule has 0 aliphatic carbocycles. The molecule has 84 valence electrons. The summed E-state index contributed by atoms with van der Waals surface area (Å²) >= 11 is 0. The fraction of sp³-hybridized carbons (Fsp3) is 0.286. The number of hydrogen-bond donors (Lipinski definition) is 1. The number of furan rings is 1. The van der Waals surface area contributed by atoms with Crippen molar-refractivity contribution in [1.82, 2.24) is 5.32 Å². The van der Waals surface area contributed by atoms with E-state index in [1.54, 1.807) is 6.08 Å². The highest BCUT2D eigenvalue weighted by Crippen LogP contribution is 2.25. The molecule has 0 amide bonds. The molecule has 0 saturated carbocycles. The Morgan fingerprint density at radius 1 is 1.50 bits per heavy atom. The smallest absolute Gasteiger partial charge is 0.130 e. The third kappa shape index (κ3) is 2.34. The summed E-state index contributed by atoms with van der Waals surface area (Å²) in [6.45, 7) is 7.69. The van der Waals surface area contributed by atoms with Crippen LogP contribution in [-0.2, 0) is 0 Å². The second-order valence-electron chi connectivity index (χ2n) is 3.94. The summed E-state index contributed by atoms with van der Waals surface area (Å²) in [6, 6.07) is 2.11. The zero-order valence-corrected chi connectivity index (χ0v) is 9.62. The lowest BCUT2D eigenvalue weighted by molar-refractivity contribution is 0.535. The van der Waals surface area contributed by atoms with Crippen molar-refractivity contribution in [1.29, 1.82) is 0 Å². The van der Waals surface area contributed by atoms with Gasteiger partial charge in [0.2, 0.25) is 0 Å². The third-order valence-corrected chi connectivity index (χ3v) is 2.72. The molecule has 2 heterocycles. The topological polar surface area (TPSA) is 25.2 Å². The molecule has 0 radical (unpaired) electrons. The molecule has 1 aliphatic rings. The van der Waals surface area contributed by atoms with E-state index in [4.69, 9.17) is 4.42 Å². The number of aryl methyl sites for hydroxylation is 1. The van der Waals surface area contributed by atoms with Crippen molar-refractivity contribution < 1.29 is 4.42 Å². The molecular formula is C14H17NO. The van der Waals surface area contributed by atoms with E-state index < -0.39 is 0 Å². The zero-order chi connectivity index (χ0) is 11.4. The number of allylic oxidation sites excluding steroid dienone is 2. The Morgan fingerprint density at radius 3 is 3.06 bits per heavy atom. The Morgan fingerprint density at radius 2 is 2.38 bits per heavy atom. The van der Waals surface area contributed by atoms with E-state index in [0.717, 1.165) is 31.0 Å². The van der Waals surface area contributed by atoms with Crippen LogP contribution in [0.25, 0.3) is 11.6 Å². The Hall–Kier alpha value is -1.54. The van der Waals surface area contributed by atoms with Gasteiger partial charge < -0.3 is 9.73 Å². The zero-order valence-electron chi connectivity index (χ0n) is 9.62. The highest BCUT2D eigenvalue weighted by molar-refractivity contribution is 5.65. The van der Waals surface area contributed by atoms with E-state index in [0.29, 0.717) is 0 Å². The van der Waals surface area contributed by atoms with Gasteiger partial charge in [0.25, 0.3) is 0 Å². The van der Waals surface area contributed by atoms with E-state index in [2.05, 4.69) is 31.0 Å². The first-order valence-electron chi connectivity index (χ1n) is 5.61. The SMILES string of the molecule is C=C/C=C\c1oc(C2=CCNCC2)cc1C. The monoisotopic (exact) mass is 215 g/mol. The summed E-state index contributed by atoms with van der Waals surface area (Å²) < 4.78 is 5.83. The first kappa shape index (κ1) is 11.0. The molecule has 0 spiro atoms. The minimum Gasteiger partial charge on any atom is -0.457 e. The largest absolute Gasteiger partial charge is 0.457 e. The van der Waals surface area contributed by atoms with Gasteiger partial charge in [-0.25, -0.2) is 0 Å². The summed E-state index contributed by atoms with van der Waals surface area (Å²) in [7, 11) is 0. The molecule has 1 aromatic rings. The molecule has 0 unspecified atom stereocenters. The van der Waals surface area contributed by atoms with E-state index >= 15 is 0 Å². The lowest BCUT2D eigenvalue weighted by Gasteiger charge is -2.11. The molecule has 1 aliphatic heterocycles. The standard InChI is InChI=1S/C14H17NO/c1-3-4-5-13-11(2)10-14(16-13)12-6-8-15-9-7-12/h3-6,10,15H,1,7-9H2,2H3/b5-4-. The maximum atomic E-state index is 5.83. The maximum Gasteiger partial charge on any atom is 0.130 e. The van der Waals surface area contributed by atoms with E-state index in [9.17, 15) is 0 Å². The third-order valence-electron chi connectivity index (χ3n) is 2.72. The maximum absolute atomic E-state index is 5.83. The van der Waals surface area contributed by atoms with Crippen LogP contribution in [0.3, 0.4) is 0 Å². The summed E-state index contributed by atoms with van der Waals surface area (Å²) in [4.78, 5) is 0. The first-order valence-corrected chi connectivity index (χ1v) is 5.61. The molecule has 2 nitrogen and oxygen atoms in total. The molecule has 1 aromatic heterocycles. The molecule has 2 rings (SSSR count). The quantitative estimate of drug-likeness (QED) is 0.783. The number of rotatable bonds is 3. The summed E-state index contributed by atoms with van der Waals surface area (Å²) in [5.41, 5.74) is 2.48. The predicted octanol–water partition coefficient (Wildman–Crippen LogP) is 3.16. The van der Waals surface area contributed by atoms with Crippen molar-refractivity contribution in [2.45, 2.75) is 13.3 Å². The van der Waals surface area contributed by atoms with Gasteiger partial charge in [-0.1, -0.05) is 24.8 Å². The first-order chi connectivity index (χ1) is 7.81. The predicted molar refractivity (Wildman–Crippen MR) is 68.1 cm³/mol. The lowest BCUT2D eigenvalue weighted by atomic mass is 10.1. The van der Waals surface area contributed by atoms with Gasteiger partial charge >= 0.3 is 0 Å². The Balaban J connectivity index is 2.26. The molecule has 0 saturated heterocycles. The molecule has 16 heavy (non-hydrogen) atoms.